The molecule has 1 N–H and O–H groups in total. The van der Waals surface area contributed by atoms with Gasteiger partial charge < -0.3 is 23.8 Å². The van der Waals surface area contributed by atoms with Crippen LogP contribution in [-0.4, -0.2) is 63.6 Å². The second-order valence-corrected chi connectivity index (χ2v) is 10.7. The number of ether oxygens (including phenoxy) is 2. The predicted octanol–water partition coefficient (Wildman–Crippen LogP) is 4.53. The van der Waals surface area contributed by atoms with Crippen molar-refractivity contribution in [2.45, 2.75) is 38.6 Å². The van der Waals surface area contributed by atoms with Gasteiger partial charge in [0.05, 0.1) is 36.7 Å². The lowest BCUT2D eigenvalue weighted by Gasteiger charge is -2.49. The average Bonchev–Trinajstić information content (AvgIpc) is 2.84. The molecule has 0 bridgehead atoms. The van der Waals surface area contributed by atoms with E-state index in [1.165, 1.54) is 6.07 Å². The molecule has 0 aromatic heterocycles. The minimum Gasteiger partial charge on any atom is -0.382 e. The number of hydrogen-bond donors (Lipinski definition) is 1. The molecular formula is C24H36N3O7P. The smallest absolute Gasteiger partial charge is 0.361 e. The molecule has 3 rings (SSSR count). The standard InChI is InChI=1S/C24H36N3O7P/c1-19-18-24(26-11-6-5-7-12-26,21-9-8-10-22(17-21)27(28)29)23(20(2)25-19)35(30,33-15-13-31-3)34-16-14-32-4/h8-10,17-18,25H,5-7,11-16H2,1-4H3. The lowest BCUT2D eigenvalue weighted by molar-refractivity contribution is -0.385. The number of nitro benzene ring substituents is 1. The molecule has 1 saturated heterocycles. The van der Waals surface area contributed by atoms with Gasteiger partial charge in [-0.3, -0.25) is 19.6 Å². The maximum Gasteiger partial charge on any atom is 0.361 e. The number of hydrogen-bond acceptors (Lipinski definition) is 9. The Bertz CT molecular complexity index is 993. The third-order valence-electron chi connectivity index (χ3n) is 6.25. The fourth-order valence-corrected chi connectivity index (χ4v) is 7.05. The zero-order chi connectivity index (χ0) is 25.5. The summed E-state index contributed by atoms with van der Waals surface area (Å²) in [7, 11) is -0.845. The van der Waals surface area contributed by atoms with Crippen molar-refractivity contribution in [3.63, 3.8) is 0 Å². The van der Waals surface area contributed by atoms with E-state index >= 15 is 0 Å². The Morgan fingerprint density at radius 1 is 1.06 bits per heavy atom. The molecule has 2 aliphatic rings. The number of rotatable bonds is 12. The SMILES string of the molecule is COCCOP(=O)(OCCOC)C1=C(C)NC(C)=CC1(c1cccc([N+](=O)[O-])c1)N1CCCCC1. The lowest BCUT2D eigenvalue weighted by atomic mass is 9.82. The van der Waals surface area contributed by atoms with Crippen LogP contribution in [0.4, 0.5) is 5.69 Å². The van der Waals surface area contributed by atoms with Gasteiger partial charge in [0.15, 0.2) is 0 Å². The van der Waals surface area contributed by atoms with Crippen LogP contribution in [0.2, 0.25) is 0 Å². The molecular weight excluding hydrogens is 473 g/mol. The van der Waals surface area contributed by atoms with E-state index in [2.05, 4.69) is 10.2 Å². The largest absolute Gasteiger partial charge is 0.382 e. The zero-order valence-electron chi connectivity index (χ0n) is 21.0. The van der Waals surface area contributed by atoms with Gasteiger partial charge in [0.2, 0.25) is 0 Å². The lowest BCUT2D eigenvalue weighted by Crippen LogP contribution is -2.51. The topological polar surface area (TPSA) is 112 Å². The number of allylic oxidation sites excluding steroid dienone is 2. The Balaban J connectivity index is 2.26. The molecule has 194 valence electrons. The molecule has 0 saturated carbocycles. The van der Waals surface area contributed by atoms with Gasteiger partial charge in [-0.1, -0.05) is 18.6 Å². The number of non-ortho nitro benzene ring substituents is 1. The van der Waals surface area contributed by atoms with Crippen molar-refractivity contribution in [1.82, 2.24) is 10.2 Å². The summed E-state index contributed by atoms with van der Waals surface area (Å²) in [5.74, 6) is 0. The molecule has 35 heavy (non-hydrogen) atoms. The summed E-state index contributed by atoms with van der Waals surface area (Å²) < 4.78 is 36.9. The van der Waals surface area contributed by atoms with Crippen molar-refractivity contribution in [2.75, 3.05) is 53.7 Å². The number of piperidine rings is 1. The first-order valence-electron chi connectivity index (χ1n) is 11.8. The van der Waals surface area contributed by atoms with E-state index in [4.69, 9.17) is 18.5 Å². The summed E-state index contributed by atoms with van der Waals surface area (Å²) in [5, 5.41) is 15.4. The van der Waals surface area contributed by atoms with Gasteiger partial charge in [-0.15, -0.1) is 0 Å². The average molecular weight is 510 g/mol. The number of likely N-dealkylation sites (tertiary alicyclic amines) is 1. The molecule has 1 aromatic carbocycles. The minimum absolute atomic E-state index is 0.0316. The fourth-order valence-electron chi connectivity index (χ4n) is 4.87. The van der Waals surface area contributed by atoms with Crippen LogP contribution in [0, 0.1) is 10.1 Å². The fraction of sp³-hybridized carbons (Fsp3) is 0.583. The second-order valence-electron chi connectivity index (χ2n) is 8.70. The van der Waals surface area contributed by atoms with E-state index in [-0.39, 0.29) is 32.1 Å². The summed E-state index contributed by atoms with van der Waals surface area (Å²) >= 11 is 0. The molecule has 0 aliphatic carbocycles. The van der Waals surface area contributed by atoms with Crippen molar-refractivity contribution in [2.24, 2.45) is 0 Å². The van der Waals surface area contributed by atoms with Crippen molar-refractivity contribution >= 4 is 13.3 Å². The maximum atomic E-state index is 14.6. The molecule has 0 amide bonds. The van der Waals surface area contributed by atoms with Crippen LogP contribution in [-0.2, 0) is 28.6 Å². The Morgan fingerprint density at radius 3 is 2.26 bits per heavy atom. The highest BCUT2D eigenvalue weighted by molar-refractivity contribution is 7.58. The molecule has 1 fully saturated rings. The Hall–Kier alpha value is -2.07. The van der Waals surface area contributed by atoms with Crippen molar-refractivity contribution in [1.29, 1.82) is 0 Å². The molecule has 1 atom stereocenters. The highest BCUT2D eigenvalue weighted by atomic mass is 31.2. The number of nitrogens with one attached hydrogen (secondary N) is 1. The summed E-state index contributed by atoms with van der Waals surface area (Å²) in [6.45, 7) is 5.83. The molecule has 0 radical (unpaired) electrons. The van der Waals surface area contributed by atoms with Crippen molar-refractivity contribution in [3.8, 4) is 0 Å². The molecule has 10 nitrogen and oxygen atoms in total. The van der Waals surface area contributed by atoms with Crippen LogP contribution in [0.3, 0.4) is 0 Å². The number of nitrogens with zero attached hydrogens (tertiary/aromatic N) is 2. The van der Waals surface area contributed by atoms with Gasteiger partial charge in [-0.05, 0) is 51.4 Å². The predicted molar refractivity (Wildman–Crippen MR) is 133 cm³/mol. The van der Waals surface area contributed by atoms with Crippen LogP contribution >= 0.6 is 7.60 Å². The monoisotopic (exact) mass is 509 g/mol. The van der Waals surface area contributed by atoms with Gasteiger partial charge in [-0.25, -0.2) is 0 Å². The van der Waals surface area contributed by atoms with E-state index in [1.807, 2.05) is 26.0 Å². The van der Waals surface area contributed by atoms with Crippen LogP contribution in [0.1, 0.15) is 38.7 Å². The Kier molecular flexibility index (Phi) is 9.63. The summed E-state index contributed by atoms with van der Waals surface area (Å²) in [6.07, 6.45) is 5.00. The van der Waals surface area contributed by atoms with Gasteiger partial charge in [0, 0.05) is 37.7 Å². The van der Waals surface area contributed by atoms with Crippen LogP contribution in [0.25, 0.3) is 0 Å². The van der Waals surface area contributed by atoms with E-state index in [0.717, 1.165) is 38.0 Å². The summed E-state index contributed by atoms with van der Waals surface area (Å²) in [6, 6.07) is 6.54. The van der Waals surface area contributed by atoms with E-state index in [9.17, 15) is 14.7 Å². The minimum atomic E-state index is -3.93. The van der Waals surface area contributed by atoms with Crippen molar-refractivity contribution < 1.29 is 28.0 Å². The van der Waals surface area contributed by atoms with Gasteiger partial charge in [0.25, 0.3) is 5.69 Å². The van der Waals surface area contributed by atoms with E-state index in [0.29, 0.717) is 16.6 Å². The highest BCUT2D eigenvalue weighted by Gasteiger charge is 2.53. The molecule has 2 heterocycles. The molecule has 11 heteroatoms. The number of methoxy groups -OCH3 is 2. The normalized spacial score (nSPS) is 21.5. The molecule has 1 aromatic rings. The summed E-state index contributed by atoms with van der Waals surface area (Å²) in [5.41, 5.74) is 1.05. The molecule has 0 spiro atoms. The number of benzene rings is 1. The zero-order valence-corrected chi connectivity index (χ0v) is 21.8. The molecule has 2 aliphatic heterocycles. The Morgan fingerprint density at radius 2 is 1.69 bits per heavy atom. The van der Waals surface area contributed by atoms with Crippen LogP contribution in [0.5, 0.6) is 0 Å². The highest BCUT2D eigenvalue weighted by Crippen LogP contribution is 2.65. The number of dihydropyridines is 1. The first-order chi connectivity index (χ1) is 16.8. The maximum absolute atomic E-state index is 14.6. The van der Waals surface area contributed by atoms with E-state index in [1.54, 1.807) is 26.4 Å². The van der Waals surface area contributed by atoms with Gasteiger partial charge >= 0.3 is 7.60 Å². The van der Waals surface area contributed by atoms with E-state index < -0.39 is 18.1 Å². The van der Waals surface area contributed by atoms with Gasteiger partial charge in [-0.2, -0.15) is 0 Å². The first-order valence-corrected chi connectivity index (χ1v) is 13.4. The third kappa shape index (κ3) is 6.02. The van der Waals surface area contributed by atoms with Crippen LogP contribution in [0.15, 0.2) is 47.0 Å². The van der Waals surface area contributed by atoms with Crippen molar-refractivity contribution in [3.05, 3.63) is 62.7 Å². The quantitative estimate of drug-likeness (QED) is 0.188. The Labute approximate surface area is 206 Å². The summed E-state index contributed by atoms with van der Waals surface area (Å²) in [4.78, 5) is 13.5. The molecule has 1 unspecified atom stereocenters. The number of nitro groups is 1. The van der Waals surface area contributed by atoms with Gasteiger partial charge in [0.1, 0.15) is 5.54 Å². The second kappa shape index (κ2) is 12.3. The first kappa shape index (κ1) is 27.5. The van der Waals surface area contributed by atoms with Crippen LogP contribution < -0.4 is 5.32 Å². The third-order valence-corrected chi connectivity index (χ3v) is 8.52.